The zero-order valence-corrected chi connectivity index (χ0v) is 12.7. The number of carbonyl (C=O) groups is 1. The van der Waals surface area contributed by atoms with Crippen molar-refractivity contribution < 1.29 is 14.3 Å². The minimum Gasteiger partial charge on any atom is -0.499 e. The third kappa shape index (κ3) is 5.38. The monoisotopic (exact) mass is 290 g/mol. The molecule has 0 radical (unpaired) electrons. The molecule has 1 aliphatic rings. The maximum atomic E-state index is 11.7. The highest BCUT2D eigenvalue weighted by atomic mass is 16.6. The molecule has 0 fully saturated rings. The highest BCUT2D eigenvalue weighted by Gasteiger charge is 2.16. The van der Waals surface area contributed by atoms with Crippen molar-refractivity contribution in [3.63, 3.8) is 0 Å². The van der Waals surface area contributed by atoms with E-state index in [1.807, 2.05) is 45.0 Å². The van der Waals surface area contributed by atoms with Crippen LogP contribution >= 0.6 is 0 Å². The van der Waals surface area contributed by atoms with Gasteiger partial charge in [-0.1, -0.05) is 12.1 Å². The second-order valence-corrected chi connectivity index (χ2v) is 5.94. The summed E-state index contributed by atoms with van der Waals surface area (Å²) in [6.45, 7) is 6.94. The van der Waals surface area contributed by atoms with E-state index in [1.165, 1.54) is 0 Å². The summed E-state index contributed by atoms with van der Waals surface area (Å²) in [5.41, 5.74) is 2.40. The molecule has 5 nitrogen and oxygen atoms in total. The first-order valence-corrected chi connectivity index (χ1v) is 7.06. The van der Waals surface area contributed by atoms with E-state index in [0.717, 1.165) is 30.0 Å². The Balaban J connectivity index is 1.89. The lowest BCUT2D eigenvalue weighted by Crippen LogP contribution is -2.27. The standard InChI is InChI=1S/C16H22N2O3/c1-16(2,3)21-15(19)18-13-6-4-5-12(9-13)10-17-14-7-8-20-11-14/h4-6,9,11,17H,7-8,10H2,1-3H3,(H,18,19). The van der Waals surface area contributed by atoms with Crippen molar-refractivity contribution in [2.24, 2.45) is 0 Å². The number of amides is 1. The summed E-state index contributed by atoms with van der Waals surface area (Å²) in [5, 5.41) is 6.05. The largest absolute Gasteiger partial charge is 0.499 e. The van der Waals surface area contributed by atoms with Gasteiger partial charge in [-0.3, -0.25) is 5.32 Å². The predicted molar refractivity (Wildman–Crippen MR) is 81.8 cm³/mol. The summed E-state index contributed by atoms with van der Waals surface area (Å²) < 4.78 is 10.4. The molecule has 0 bridgehead atoms. The third-order valence-corrected chi connectivity index (χ3v) is 2.81. The van der Waals surface area contributed by atoms with Crippen molar-refractivity contribution >= 4 is 11.8 Å². The normalized spacial score (nSPS) is 14.1. The molecule has 1 aromatic carbocycles. The van der Waals surface area contributed by atoms with E-state index in [4.69, 9.17) is 9.47 Å². The number of anilines is 1. The van der Waals surface area contributed by atoms with Crippen molar-refractivity contribution in [2.75, 3.05) is 11.9 Å². The van der Waals surface area contributed by atoms with Crippen LogP contribution in [0.15, 0.2) is 36.2 Å². The van der Waals surface area contributed by atoms with Crippen LogP contribution in [-0.2, 0) is 16.0 Å². The average Bonchev–Trinajstić information content (AvgIpc) is 2.87. The molecule has 1 aliphatic heterocycles. The lowest BCUT2D eigenvalue weighted by molar-refractivity contribution is 0.0636. The van der Waals surface area contributed by atoms with Crippen LogP contribution < -0.4 is 10.6 Å². The molecule has 1 amide bonds. The van der Waals surface area contributed by atoms with E-state index < -0.39 is 11.7 Å². The molecule has 1 heterocycles. The average molecular weight is 290 g/mol. The van der Waals surface area contributed by atoms with Crippen LogP contribution in [0.3, 0.4) is 0 Å². The SMILES string of the molecule is CC(C)(C)OC(=O)Nc1cccc(CNC2=COCC2)c1. The van der Waals surface area contributed by atoms with Crippen LogP contribution in [0, 0.1) is 0 Å². The lowest BCUT2D eigenvalue weighted by Gasteiger charge is -2.19. The Morgan fingerprint density at radius 3 is 2.86 bits per heavy atom. The molecule has 0 saturated heterocycles. The molecule has 2 N–H and O–H groups in total. The van der Waals surface area contributed by atoms with Gasteiger partial charge in [-0.25, -0.2) is 4.79 Å². The molecule has 2 rings (SSSR count). The Morgan fingerprint density at radius 2 is 2.19 bits per heavy atom. The van der Waals surface area contributed by atoms with Crippen LogP contribution in [0.1, 0.15) is 32.8 Å². The summed E-state index contributed by atoms with van der Waals surface area (Å²) in [6.07, 6.45) is 2.22. The minimum atomic E-state index is -0.502. The maximum Gasteiger partial charge on any atom is 0.412 e. The van der Waals surface area contributed by atoms with Gasteiger partial charge in [-0.05, 0) is 38.5 Å². The Kier molecular flexibility index (Phi) is 4.73. The maximum absolute atomic E-state index is 11.7. The number of hydrogen-bond donors (Lipinski definition) is 2. The number of ether oxygens (including phenoxy) is 2. The number of hydrogen-bond acceptors (Lipinski definition) is 4. The third-order valence-electron chi connectivity index (χ3n) is 2.81. The molecule has 1 aromatic rings. The van der Waals surface area contributed by atoms with Crippen molar-refractivity contribution in [2.45, 2.75) is 39.3 Å². The van der Waals surface area contributed by atoms with Crippen LogP contribution in [0.2, 0.25) is 0 Å². The first-order chi connectivity index (χ1) is 9.92. The van der Waals surface area contributed by atoms with Gasteiger partial charge in [0.1, 0.15) is 11.9 Å². The molecule has 5 heteroatoms. The van der Waals surface area contributed by atoms with Crippen molar-refractivity contribution in [3.8, 4) is 0 Å². The molecule has 0 aromatic heterocycles. The summed E-state index contributed by atoms with van der Waals surface area (Å²) in [5.74, 6) is 0. The minimum absolute atomic E-state index is 0.445. The smallest absolute Gasteiger partial charge is 0.412 e. The van der Waals surface area contributed by atoms with Gasteiger partial charge >= 0.3 is 6.09 Å². The molecule has 0 aliphatic carbocycles. The van der Waals surface area contributed by atoms with Crippen LogP contribution in [0.5, 0.6) is 0 Å². The van der Waals surface area contributed by atoms with E-state index in [0.29, 0.717) is 6.54 Å². The second-order valence-electron chi connectivity index (χ2n) is 5.94. The van der Waals surface area contributed by atoms with Gasteiger partial charge in [0, 0.05) is 24.4 Å². The second kappa shape index (κ2) is 6.52. The Morgan fingerprint density at radius 1 is 1.38 bits per heavy atom. The van der Waals surface area contributed by atoms with Gasteiger partial charge in [0.15, 0.2) is 0 Å². The zero-order chi connectivity index (χ0) is 15.3. The van der Waals surface area contributed by atoms with Gasteiger partial charge in [0.25, 0.3) is 0 Å². The van der Waals surface area contributed by atoms with Gasteiger partial charge in [-0.15, -0.1) is 0 Å². The highest BCUT2D eigenvalue weighted by molar-refractivity contribution is 5.84. The number of benzene rings is 1. The Bertz CT molecular complexity index is 533. The predicted octanol–water partition coefficient (Wildman–Crippen LogP) is 3.38. The van der Waals surface area contributed by atoms with E-state index in [9.17, 15) is 4.79 Å². The Hall–Kier alpha value is -2.17. The van der Waals surface area contributed by atoms with Crippen molar-refractivity contribution in [3.05, 3.63) is 41.8 Å². The zero-order valence-electron chi connectivity index (χ0n) is 12.7. The summed E-state index contributed by atoms with van der Waals surface area (Å²) in [4.78, 5) is 11.7. The fourth-order valence-corrected chi connectivity index (χ4v) is 1.91. The molecule has 0 unspecified atom stereocenters. The summed E-state index contributed by atoms with van der Waals surface area (Å²) >= 11 is 0. The van der Waals surface area contributed by atoms with Gasteiger partial charge in [-0.2, -0.15) is 0 Å². The van der Waals surface area contributed by atoms with Gasteiger partial charge in [0.05, 0.1) is 6.61 Å². The van der Waals surface area contributed by atoms with Crippen LogP contribution in [-0.4, -0.2) is 18.3 Å². The molecule has 114 valence electrons. The first-order valence-electron chi connectivity index (χ1n) is 7.06. The van der Waals surface area contributed by atoms with E-state index in [-0.39, 0.29) is 0 Å². The van der Waals surface area contributed by atoms with Gasteiger partial charge < -0.3 is 14.8 Å². The molecular weight excluding hydrogens is 268 g/mol. The number of carbonyl (C=O) groups excluding carboxylic acids is 1. The number of nitrogens with one attached hydrogen (secondary N) is 2. The topological polar surface area (TPSA) is 59.6 Å². The molecular formula is C16H22N2O3. The molecule has 0 atom stereocenters. The highest BCUT2D eigenvalue weighted by Crippen LogP contribution is 2.14. The molecule has 0 saturated carbocycles. The summed E-state index contributed by atoms with van der Waals surface area (Å²) in [7, 11) is 0. The fraction of sp³-hybridized carbons (Fsp3) is 0.438. The van der Waals surface area contributed by atoms with Crippen LogP contribution in [0.4, 0.5) is 10.5 Å². The van der Waals surface area contributed by atoms with E-state index in [2.05, 4.69) is 10.6 Å². The van der Waals surface area contributed by atoms with E-state index >= 15 is 0 Å². The number of rotatable bonds is 4. The lowest BCUT2D eigenvalue weighted by atomic mass is 10.2. The Labute approximate surface area is 125 Å². The van der Waals surface area contributed by atoms with Crippen molar-refractivity contribution in [1.29, 1.82) is 0 Å². The fourth-order valence-electron chi connectivity index (χ4n) is 1.91. The first kappa shape index (κ1) is 15.2. The quantitative estimate of drug-likeness (QED) is 0.892. The molecule has 21 heavy (non-hydrogen) atoms. The van der Waals surface area contributed by atoms with E-state index in [1.54, 1.807) is 6.26 Å². The van der Waals surface area contributed by atoms with Crippen molar-refractivity contribution in [1.82, 2.24) is 5.32 Å². The van der Waals surface area contributed by atoms with Gasteiger partial charge in [0.2, 0.25) is 0 Å². The molecule has 0 spiro atoms. The van der Waals surface area contributed by atoms with Crippen LogP contribution in [0.25, 0.3) is 0 Å². The summed E-state index contributed by atoms with van der Waals surface area (Å²) in [6, 6.07) is 7.67.